The molecule has 0 aliphatic heterocycles. The van der Waals surface area contributed by atoms with Gasteiger partial charge in [0.05, 0.1) is 15.5 Å². The maximum absolute atomic E-state index is 13.1. The van der Waals surface area contributed by atoms with Gasteiger partial charge in [-0.2, -0.15) is 21.6 Å². The zero-order valence-corrected chi connectivity index (χ0v) is 11.8. The standard InChI is InChI=1S/C13H8ClF3O3S/c14-11-7-9(21(18,19)20)6-10(13(15,16)17)12(11)8-4-2-1-3-5-8/h1-7H,(H,18,19,20). The van der Waals surface area contributed by atoms with Crippen LogP contribution >= 0.6 is 11.6 Å². The number of halogens is 4. The van der Waals surface area contributed by atoms with Crippen LogP contribution in [0.25, 0.3) is 11.1 Å². The van der Waals surface area contributed by atoms with Crippen molar-refractivity contribution in [3.8, 4) is 11.1 Å². The van der Waals surface area contributed by atoms with Crippen molar-refractivity contribution in [3.05, 3.63) is 53.1 Å². The summed E-state index contributed by atoms with van der Waals surface area (Å²) in [6.07, 6.45) is -4.82. The zero-order valence-electron chi connectivity index (χ0n) is 10.2. The van der Waals surface area contributed by atoms with Gasteiger partial charge in [0, 0.05) is 5.56 Å². The highest BCUT2D eigenvalue weighted by Crippen LogP contribution is 2.42. The molecule has 0 aromatic heterocycles. The van der Waals surface area contributed by atoms with Crippen LogP contribution in [-0.2, 0) is 16.3 Å². The third kappa shape index (κ3) is 3.37. The third-order valence-corrected chi connectivity index (χ3v) is 3.86. The average Bonchev–Trinajstić information content (AvgIpc) is 2.36. The molecule has 0 unspecified atom stereocenters. The molecule has 0 amide bonds. The first kappa shape index (κ1) is 15.8. The van der Waals surface area contributed by atoms with E-state index in [0.717, 1.165) is 6.07 Å². The van der Waals surface area contributed by atoms with E-state index >= 15 is 0 Å². The van der Waals surface area contributed by atoms with Crippen molar-refractivity contribution in [3.63, 3.8) is 0 Å². The van der Waals surface area contributed by atoms with Crippen LogP contribution in [-0.4, -0.2) is 13.0 Å². The van der Waals surface area contributed by atoms with Crippen LogP contribution in [0.3, 0.4) is 0 Å². The molecule has 1 N–H and O–H groups in total. The van der Waals surface area contributed by atoms with Crippen molar-refractivity contribution in [1.82, 2.24) is 0 Å². The summed E-state index contributed by atoms with van der Waals surface area (Å²) in [5, 5.41) is -0.413. The lowest BCUT2D eigenvalue weighted by atomic mass is 9.99. The second-order valence-electron chi connectivity index (χ2n) is 4.17. The van der Waals surface area contributed by atoms with Crippen LogP contribution in [0.1, 0.15) is 5.56 Å². The topological polar surface area (TPSA) is 54.4 Å². The highest BCUT2D eigenvalue weighted by atomic mass is 35.5. The SMILES string of the molecule is O=S(=O)(O)c1cc(Cl)c(-c2ccccc2)c(C(F)(F)F)c1. The Morgan fingerprint density at radius 3 is 2.10 bits per heavy atom. The van der Waals surface area contributed by atoms with Gasteiger partial charge in [-0.1, -0.05) is 41.9 Å². The molecule has 0 spiro atoms. The van der Waals surface area contributed by atoms with Crippen molar-refractivity contribution in [2.45, 2.75) is 11.1 Å². The first-order valence-corrected chi connectivity index (χ1v) is 7.36. The second kappa shape index (κ2) is 5.32. The van der Waals surface area contributed by atoms with Gasteiger partial charge in [0.15, 0.2) is 0 Å². The average molecular weight is 337 g/mol. The lowest BCUT2D eigenvalue weighted by molar-refractivity contribution is -0.137. The van der Waals surface area contributed by atoms with Crippen molar-refractivity contribution in [2.75, 3.05) is 0 Å². The molecule has 0 fully saturated rings. The predicted molar refractivity (Wildman–Crippen MR) is 71.7 cm³/mol. The minimum Gasteiger partial charge on any atom is -0.282 e. The molecule has 8 heteroatoms. The van der Waals surface area contributed by atoms with Crippen molar-refractivity contribution >= 4 is 21.7 Å². The lowest BCUT2D eigenvalue weighted by Gasteiger charge is -2.16. The number of hydrogen-bond acceptors (Lipinski definition) is 2. The van der Waals surface area contributed by atoms with Gasteiger partial charge in [-0.15, -0.1) is 0 Å². The summed E-state index contributed by atoms with van der Waals surface area (Å²) in [5.41, 5.74) is -1.37. The maximum Gasteiger partial charge on any atom is 0.417 e. The summed E-state index contributed by atoms with van der Waals surface area (Å²) in [7, 11) is -4.79. The van der Waals surface area contributed by atoms with E-state index in [9.17, 15) is 21.6 Å². The van der Waals surface area contributed by atoms with Crippen LogP contribution in [0.15, 0.2) is 47.4 Å². The fourth-order valence-corrected chi connectivity index (χ4v) is 2.78. The molecule has 112 valence electrons. The second-order valence-corrected chi connectivity index (χ2v) is 6.00. The highest BCUT2D eigenvalue weighted by Gasteiger charge is 2.36. The smallest absolute Gasteiger partial charge is 0.282 e. The Morgan fingerprint density at radius 2 is 1.62 bits per heavy atom. The first-order chi connectivity index (χ1) is 9.60. The molecule has 2 aromatic carbocycles. The van der Waals surface area contributed by atoms with Crippen LogP contribution in [0, 0.1) is 0 Å². The Kier molecular flexibility index (Phi) is 4.01. The Labute approximate surface area is 123 Å². The summed E-state index contributed by atoms with van der Waals surface area (Å²) in [4.78, 5) is -0.903. The molecule has 2 rings (SSSR count). The fourth-order valence-electron chi connectivity index (χ4n) is 1.85. The van der Waals surface area contributed by atoms with Gasteiger partial charge in [0.25, 0.3) is 10.1 Å². The van der Waals surface area contributed by atoms with Crippen molar-refractivity contribution in [1.29, 1.82) is 0 Å². The van der Waals surface area contributed by atoms with Gasteiger partial charge in [-0.3, -0.25) is 4.55 Å². The predicted octanol–water partition coefficient (Wildman–Crippen LogP) is 4.27. The molecule has 3 nitrogen and oxygen atoms in total. The number of benzene rings is 2. The lowest BCUT2D eigenvalue weighted by Crippen LogP contribution is -2.10. The van der Waals surface area contributed by atoms with Gasteiger partial charge in [-0.25, -0.2) is 0 Å². The van der Waals surface area contributed by atoms with Gasteiger partial charge >= 0.3 is 6.18 Å². The third-order valence-electron chi connectivity index (χ3n) is 2.73. The van der Waals surface area contributed by atoms with E-state index in [4.69, 9.17) is 16.2 Å². The summed E-state index contributed by atoms with van der Waals surface area (Å²) in [6, 6.07) is 8.67. The maximum atomic E-state index is 13.1. The molecule has 0 saturated heterocycles. The van der Waals surface area contributed by atoms with Gasteiger partial charge < -0.3 is 0 Å². The number of rotatable bonds is 2. The Hall–Kier alpha value is -1.57. The molecule has 0 saturated carbocycles. The molecular formula is C13H8ClF3O3S. The van der Waals surface area contributed by atoms with Gasteiger partial charge in [-0.05, 0) is 17.7 Å². The summed E-state index contributed by atoms with van der Waals surface area (Å²) >= 11 is 5.81. The molecule has 0 bridgehead atoms. The van der Waals surface area contributed by atoms with Crippen LogP contribution < -0.4 is 0 Å². The Balaban J connectivity index is 2.83. The number of alkyl halides is 3. The molecule has 0 heterocycles. The van der Waals surface area contributed by atoms with Crippen LogP contribution in [0.2, 0.25) is 5.02 Å². The van der Waals surface area contributed by atoms with E-state index in [1.807, 2.05) is 0 Å². The fraction of sp³-hybridized carbons (Fsp3) is 0.0769. The summed E-state index contributed by atoms with van der Waals surface area (Å²) < 4.78 is 70.4. The Bertz CT molecular complexity index is 771. The van der Waals surface area contributed by atoms with E-state index in [1.54, 1.807) is 6.07 Å². The normalized spacial score (nSPS) is 12.4. The quantitative estimate of drug-likeness (QED) is 0.833. The summed E-state index contributed by atoms with van der Waals surface area (Å²) in [5.74, 6) is 0. The minimum atomic E-state index is -4.82. The van der Waals surface area contributed by atoms with Gasteiger partial charge in [0.2, 0.25) is 0 Å². The minimum absolute atomic E-state index is 0.191. The summed E-state index contributed by atoms with van der Waals surface area (Å²) in [6.45, 7) is 0. The molecule has 0 aliphatic rings. The van der Waals surface area contributed by atoms with E-state index in [2.05, 4.69) is 0 Å². The largest absolute Gasteiger partial charge is 0.417 e. The molecule has 0 aliphatic carbocycles. The first-order valence-electron chi connectivity index (χ1n) is 5.54. The molecule has 0 radical (unpaired) electrons. The van der Waals surface area contributed by atoms with Gasteiger partial charge in [0.1, 0.15) is 0 Å². The monoisotopic (exact) mass is 336 g/mol. The zero-order chi connectivity index (χ0) is 15.8. The van der Waals surface area contributed by atoms with E-state index in [-0.39, 0.29) is 11.1 Å². The number of hydrogen-bond donors (Lipinski definition) is 1. The van der Waals surface area contributed by atoms with Crippen LogP contribution in [0.4, 0.5) is 13.2 Å². The van der Waals surface area contributed by atoms with Crippen molar-refractivity contribution in [2.24, 2.45) is 0 Å². The molecule has 0 atom stereocenters. The molecule has 21 heavy (non-hydrogen) atoms. The molecular weight excluding hydrogens is 329 g/mol. The van der Waals surface area contributed by atoms with E-state index in [0.29, 0.717) is 6.07 Å². The van der Waals surface area contributed by atoms with E-state index in [1.165, 1.54) is 24.3 Å². The van der Waals surface area contributed by atoms with Crippen molar-refractivity contribution < 1.29 is 26.1 Å². The van der Waals surface area contributed by atoms with Crippen LogP contribution in [0.5, 0.6) is 0 Å². The molecule has 2 aromatic rings. The Morgan fingerprint density at radius 1 is 1.05 bits per heavy atom. The van der Waals surface area contributed by atoms with E-state index < -0.39 is 31.8 Å². The highest BCUT2D eigenvalue weighted by molar-refractivity contribution is 7.85.